The number of carbonyl (C=O) groups excluding carboxylic acids is 1. The van der Waals surface area contributed by atoms with E-state index in [1.165, 1.54) is 5.56 Å². The number of hydrogen-bond donors (Lipinski definition) is 1. The van der Waals surface area contributed by atoms with Gasteiger partial charge in [0, 0.05) is 17.7 Å². The van der Waals surface area contributed by atoms with Gasteiger partial charge in [-0.1, -0.05) is 36.4 Å². The zero-order valence-corrected chi connectivity index (χ0v) is 13.8. The first-order valence-electron chi connectivity index (χ1n) is 8.01. The second-order valence-electron chi connectivity index (χ2n) is 5.89. The van der Waals surface area contributed by atoms with Gasteiger partial charge in [-0.2, -0.15) is 0 Å². The van der Waals surface area contributed by atoms with Crippen LogP contribution in [-0.2, 0) is 19.4 Å². The number of ether oxygens (including phenoxy) is 1. The molecule has 0 aromatic heterocycles. The van der Waals surface area contributed by atoms with Crippen LogP contribution in [0.25, 0.3) is 0 Å². The van der Waals surface area contributed by atoms with Crippen LogP contribution in [0.1, 0.15) is 27.0 Å². The van der Waals surface area contributed by atoms with Crippen molar-refractivity contribution in [2.24, 2.45) is 0 Å². The van der Waals surface area contributed by atoms with Crippen LogP contribution in [0.5, 0.6) is 11.5 Å². The number of hydrogen-bond acceptors (Lipinski definition) is 3. The largest absolute Gasteiger partial charge is 0.507 e. The molecule has 0 spiro atoms. The molecule has 0 unspecified atom stereocenters. The number of phenols is 1. The maximum Gasteiger partial charge on any atom is 0.254 e. The van der Waals surface area contributed by atoms with E-state index in [4.69, 9.17) is 4.74 Å². The zero-order valence-electron chi connectivity index (χ0n) is 13.8. The first kappa shape index (κ1) is 16.1. The van der Waals surface area contributed by atoms with E-state index in [-0.39, 0.29) is 11.7 Å². The van der Waals surface area contributed by atoms with Crippen LogP contribution in [0.2, 0.25) is 0 Å². The summed E-state index contributed by atoms with van der Waals surface area (Å²) in [4.78, 5) is 14.4. The topological polar surface area (TPSA) is 49.8 Å². The van der Waals surface area contributed by atoms with Crippen LogP contribution in [0.3, 0.4) is 0 Å². The summed E-state index contributed by atoms with van der Waals surface area (Å²) in [6, 6.07) is 11.8. The summed E-state index contributed by atoms with van der Waals surface area (Å²) in [7, 11) is 1.54. The highest BCUT2D eigenvalue weighted by Crippen LogP contribution is 2.39. The summed E-state index contributed by atoms with van der Waals surface area (Å²) in [6.07, 6.45) is 3.01. The molecule has 4 heteroatoms. The average molecular weight is 323 g/mol. The molecule has 1 amide bonds. The van der Waals surface area contributed by atoms with Crippen LogP contribution in [0.15, 0.2) is 49.1 Å². The molecule has 0 atom stereocenters. The molecule has 0 saturated carbocycles. The summed E-state index contributed by atoms with van der Waals surface area (Å²) in [6.45, 7) is 4.77. The molecule has 0 saturated heterocycles. The van der Waals surface area contributed by atoms with E-state index in [9.17, 15) is 9.90 Å². The lowest BCUT2D eigenvalue weighted by Gasteiger charge is -2.15. The fourth-order valence-electron chi connectivity index (χ4n) is 3.13. The molecule has 2 aromatic rings. The van der Waals surface area contributed by atoms with E-state index in [0.29, 0.717) is 42.0 Å². The van der Waals surface area contributed by atoms with Crippen molar-refractivity contribution >= 4 is 5.91 Å². The molecular formula is C20H21NO3. The first-order valence-corrected chi connectivity index (χ1v) is 8.01. The van der Waals surface area contributed by atoms with Gasteiger partial charge in [-0.05, 0) is 24.5 Å². The lowest BCUT2D eigenvalue weighted by Crippen LogP contribution is -2.26. The fourth-order valence-corrected chi connectivity index (χ4v) is 3.13. The minimum Gasteiger partial charge on any atom is -0.507 e. The quantitative estimate of drug-likeness (QED) is 0.830. The highest BCUT2D eigenvalue weighted by molar-refractivity contribution is 6.00. The maximum absolute atomic E-state index is 12.6. The Bertz CT molecular complexity index is 768. The molecule has 1 heterocycles. The first-order chi connectivity index (χ1) is 11.7. The minimum atomic E-state index is -0.0558. The van der Waals surface area contributed by atoms with E-state index < -0.39 is 0 Å². The number of phenolic OH excluding ortho intramolecular Hbond substituents is 1. The standard InChI is InChI=1S/C20H21NO3/c1-3-7-15-18(24-2)12-16-17(19(15)22)13-21(20(16)23)11-10-14-8-5-4-6-9-14/h3-6,8-9,12,22H,1,7,10-11,13H2,2H3. The number of methoxy groups -OCH3 is 1. The summed E-state index contributed by atoms with van der Waals surface area (Å²) in [5, 5.41) is 10.6. The maximum atomic E-state index is 12.6. The second-order valence-corrected chi connectivity index (χ2v) is 5.89. The number of rotatable bonds is 6. The van der Waals surface area contributed by atoms with Gasteiger partial charge in [0.25, 0.3) is 5.91 Å². The van der Waals surface area contributed by atoms with Crippen molar-refractivity contribution in [1.29, 1.82) is 0 Å². The summed E-state index contributed by atoms with van der Waals surface area (Å²) in [5.74, 6) is 0.629. The Morgan fingerprint density at radius 2 is 2.08 bits per heavy atom. The number of allylic oxidation sites excluding steroid dienone is 1. The summed E-state index contributed by atoms with van der Waals surface area (Å²) in [5.41, 5.74) is 3.09. The zero-order chi connectivity index (χ0) is 17.1. The number of aromatic hydroxyl groups is 1. The Hall–Kier alpha value is -2.75. The SMILES string of the molecule is C=CCc1c(OC)cc2c(c1O)CN(CCc1ccccc1)C2=O. The molecule has 0 aliphatic carbocycles. The molecule has 0 bridgehead atoms. The van der Waals surface area contributed by atoms with Crippen LogP contribution < -0.4 is 4.74 Å². The molecule has 0 radical (unpaired) electrons. The highest BCUT2D eigenvalue weighted by Gasteiger charge is 2.32. The van der Waals surface area contributed by atoms with Crippen molar-refractivity contribution in [3.63, 3.8) is 0 Å². The van der Waals surface area contributed by atoms with Crippen LogP contribution in [0.4, 0.5) is 0 Å². The number of amides is 1. The van der Waals surface area contributed by atoms with Gasteiger partial charge in [0.05, 0.1) is 19.2 Å². The van der Waals surface area contributed by atoms with Gasteiger partial charge in [-0.15, -0.1) is 6.58 Å². The Kier molecular flexibility index (Phi) is 4.56. The van der Waals surface area contributed by atoms with E-state index in [1.54, 1.807) is 24.2 Å². The fraction of sp³-hybridized carbons (Fsp3) is 0.250. The second kappa shape index (κ2) is 6.79. The molecule has 0 fully saturated rings. The van der Waals surface area contributed by atoms with Crippen LogP contribution >= 0.6 is 0 Å². The molecule has 1 aliphatic rings. The Morgan fingerprint density at radius 1 is 1.33 bits per heavy atom. The van der Waals surface area contributed by atoms with Crippen molar-refractivity contribution in [2.45, 2.75) is 19.4 Å². The number of nitrogens with zero attached hydrogens (tertiary/aromatic N) is 1. The predicted molar refractivity (Wildman–Crippen MR) is 93.4 cm³/mol. The lowest BCUT2D eigenvalue weighted by molar-refractivity contribution is 0.0780. The Balaban J connectivity index is 1.84. The molecular weight excluding hydrogens is 302 g/mol. The third kappa shape index (κ3) is 2.87. The van der Waals surface area contributed by atoms with Gasteiger partial charge in [0.1, 0.15) is 11.5 Å². The molecule has 124 valence electrons. The van der Waals surface area contributed by atoms with Gasteiger partial charge in [0.2, 0.25) is 0 Å². The molecule has 2 aromatic carbocycles. The number of fused-ring (bicyclic) bond motifs is 1. The summed E-state index contributed by atoms with van der Waals surface area (Å²) < 4.78 is 5.34. The summed E-state index contributed by atoms with van der Waals surface area (Å²) >= 11 is 0. The van der Waals surface area contributed by atoms with Gasteiger partial charge < -0.3 is 14.7 Å². The van der Waals surface area contributed by atoms with Crippen molar-refractivity contribution in [1.82, 2.24) is 4.90 Å². The predicted octanol–water partition coefficient (Wildman–Crippen LogP) is 3.33. The minimum absolute atomic E-state index is 0.0558. The van der Waals surface area contributed by atoms with E-state index in [0.717, 1.165) is 6.42 Å². The lowest BCUT2D eigenvalue weighted by atomic mass is 10.0. The number of carbonyl (C=O) groups is 1. The van der Waals surface area contributed by atoms with E-state index >= 15 is 0 Å². The van der Waals surface area contributed by atoms with Crippen molar-refractivity contribution < 1.29 is 14.6 Å². The van der Waals surface area contributed by atoms with E-state index in [1.807, 2.05) is 18.2 Å². The molecule has 1 aliphatic heterocycles. The molecule has 24 heavy (non-hydrogen) atoms. The van der Waals surface area contributed by atoms with Gasteiger partial charge >= 0.3 is 0 Å². The Morgan fingerprint density at radius 3 is 2.75 bits per heavy atom. The third-order valence-corrected chi connectivity index (χ3v) is 4.42. The Labute approximate surface area is 142 Å². The third-order valence-electron chi connectivity index (χ3n) is 4.42. The molecule has 4 nitrogen and oxygen atoms in total. The van der Waals surface area contributed by atoms with E-state index in [2.05, 4.69) is 18.7 Å². The average Bonchev–Trinajstić information content (AvgIpc) is 2.93. The number of benzene rings is 2. The smallest absolute Gasteiger partial charge is 0.254 e. The molecule has 1 N–H and O–H groups in total. The van der Waals surface area contributed by atoms with Crippen LogP contribution in [0, 0.1) is 0 Å². The van der Waals surface area contributed by atoms with Gasteiger partial charge in [-0.25, -0.2) is 0 Å². The highest BCUT2D eigenvalue weighted by atomic mass is 16.5. The van der Waals surface area contributed by atoms with Crippen LogP contribution in [-0.4, -0.2) is 29.6 Å². The van der Waals surface area contributed by atoms with Gasteiger partial charge in [0.15, 0.2) is 0 Å². The van der Waals surface area contributed by atoms with Gasteiger partial charge in [-0.3, -0.25) is 4.79 Å². The monoisotopic (exact) mass is 323 g/mol. The van der Waals surface area contributed by atoms with Crippen molar-refractivity contribution in [3.8, 4) is 11.5 Å². The van der Waals surface area contributed by atoms with Crippen molar-refractivity contribution in [2.75, 3.05) is 13.7 Å². The molecule has 3 rings (SSSR count). The van der Waals surface area contributed by atoms with Crippen molar-refractivity contribution in [3.05, 3.63) is 71.3 Å². The normalized spacial score (nSPS) is 13.0.